The summed E-state index contributed by atoms with van der Waals surface area (Å²) in [4.78, 5) is 12.0. The molecule has 2 aromatic carbocycles. The Labute approximate surface area is 133 Å². The quantitative estimate of drug-likeness (QED) is 0.866. The van der Waals surface area contributed by atoms with Gasteiger partial charge >= 0.3 is 12.6 Å². The van der Waals surface area contributed by atoms with Gasteiger partial charge in [0, 0.05) is 17.8 Å². The molecule has 2 N–H and O–H groups in total. The molecule has 0 atom stereocenters. The van der Waals surface area contributed by atoms with E-state index in [2.05, 4.69) is 15.4 Å². The van der Waals surface area contributed by atoms with E-state index in [1.807, 2.05) is 26.0 Å². The summed E-state index contributed by atoms with van der Waals surface area (Å²) in [7, 11) is 0. The van der Waals surface area contributed by atoms with E-state index in [1.165, 1.54) is 6.07 Å². The van der Waals surface area contributed by atoms with Gasteiger partial charge in [0.2, 0.25) is 0 Å². The topological polar surface area (TPSA) is 50.4 Å². The second-order valence-corrected chi connectivity index (χ2v) is 5.04. The summed E-state index contributed by atoms with van der Waals surface area (Å²) in [6.07, 6.45) is 0. The highest BCUT2D eigenvalue weighted by atomic mass is 19.3. The third-order valence-corrected chi connectivity index (χ3v) is 3.48. The van der Waals surface area contributed by atoms with Gasteiger partial charge in [-0.2, -0.15) is 8.78 Å². The lowest BCUT2D eigenvalue weighted by atomic mass is 10.1. The Morgan fingerprint density at radius 3 is 2.61 bits per heavy atom. The average molecular weight is 320 g/mol. The van der Waals surface area contributed by atoms with E-state index < -0.39 is 12.6 Å². The largest absolute Gasteiger partial charge is 0.434 e. The van der Waals surface area contributed by atoms with Crippen molar-refractivity contribution in [2.75, 3.05) is 5.32 Å². The fourth-order valence-corrected chi connectivity index (χ4v) is 2.09. The van der Waals surface area contributed by atoms with Crippen molar-refractivity contribution in [2.24, 2.45) is 0 Å². The van der Waals surface area contributed by atoms with E-state index in [-0.39, 0.29) is 12.3 Å². The number of ether oxygens (including phenoxy) is 1. The molecule has 0 spiro atoms. The first-order valence-corrected chi connectivity index (χ1v) is 7.11. The molecular weight excluding hydrogens is 302 g/mol. The van der Waals surface area contributed by atoms with Crippen molar-refractivity contribution in [1.29, 1.82) is 0 Å². The second kappa shape index (κ2) is 7.58. The monoisotopic (exact) mass is 320 g/mol. The molecule has 0 heterocycles. The molecule has 6 heteroatoms. The smallest absolute Gasteiger partial charge is 0.387 e. The third-order valence-electron chi connectivity index (χ3n) is 3.48. The molecule has 0 aliphatic rings. The number of alkyl halides is 2. The zero-order valence-corrected chi connectivity index (χ0v) is 12.9. The van der Waals surface area contributed by atoms with Crippen LogP contribution in [-0.2, 0) is 6.54 Å². The van der Waals surface area contributed by atoms with Crippen molar-refractivity contribution in [2.45, 2.75) is 27.0 Å². The Hall–Kier alpha value is -2.63. The van der Waals surface area contributed by atoms with E-state index >= 15 is 0 Å². The van der Waals surface area contributed by atoms with Crippen LogP contribution in [0.3, 0.4) is 0 Å². The maximum atomic E-state index is 12.3. The fourth-order valence-electron chi connectivity index (χ4n) is 2.09. The number of amides is 2. The Morgan fingerprint density at radius 2 is 1.87 bits per heavy atom. The number of anilines is 1. The summed E-state index contributed by atoms with van der Waals surface area (Å²) in [5.41, 5.74) is 3.23. The van der Waals surface area contributed by atoms with Crippen molar-refractivity contribution in [3.05, 3.63) is 59.2 Å². The van der Waals surface area contributed by atoms with Crippen LogP contribution >= 0.6 is 0 Å². The summed E-state index contributed by atoms with van der Waals surface area (Å²) in [5.74, 6) is 0.0505. The van der Waals surface area contributed by atoms with E-state index in [9.17, 15) is 13.6 Å². The minimum Gasteiger partial charge on any atom is -0.434 e. The van der Waals surface area contributed by atoms with Crippen LogP contribution in [0.2, 0.25) is 0 Å². The van der Waals surface area contributed by atoms with Gasteiger partial charge in [-0.15, -0.1) is 0 Å². The third kappa shape index (κ3) is 4.67. The summed E-state index contributed by atoms with van der Waals surface area (Å²) < 4.78 is 29.1. The first kappa shape index (κ1) is 16.7. The molecule has 122 valence electrons. The van der Waals surface area contributed by atoms with Gasteiger partial charge in [-0.25, -0.2) is 4.79 Å². The SMILES string of the molecule is Cc1cccc(NC(=O)NCc2ccccc2OC(F)F)c1C. The fraction of sp³-hybridized carbons (Fsp3) is 0.235. The number of para-hydroxylation sites is 1. The predicted octanol–water partition coefficient (Wildman–Crippen LogP) is 4.23. The van der Waals surface area contributed by atoms with E-state index in [1.54, 1.807) is 24.3 Å². The van der Waals surface area contributed by atoms with Crippen LogP contribution in [0.15, 0.2) is 42.5 Å². The van der Waals surface area contributed by atoms with E-state index in [0.717, 1.165) is 11.1 Å². The van der Waals surface area contributed by atoms with Crippen LogP contribution in [0.4, 0.5) is 19.3 Å². The standard InChI is InChI=1S/C17H18F2N2O2/c1-11-6-5-8-14(12(11)2)21-17(22)20-10-13-7-3-4-9-15(13)23-16(18)19/h3-9,16H,10H2,1-2H3,(H2,20,21,22). The molecule has 0 aromatic heterocycles. The molecular formula is C17H18F2N2O2. The first-order valence-electron chi connectivity index (χ1n) is 7.11. The molecule has 0 aliphatic carbocycles. The maximum Gasteiger partial charge on any atom is 0.387 e. The summed E-state index contributed by atoms with van der Waals surface area (Å²) >= 11 is 0. The van der Waals surface area contributed by atoms with Crippen molar-refractivity contribution in [3.8, 4) is 5.75 Å². The van der Waals surface area contributed by atoms with Gasteiger partial charge in [0.15, 0.2) is 0 Å². The lowest BCUT2D eigenvalue weighted by molar-refractivity contribution is -0.0504. The van der Waals surface area contributed by atoms with Crippen LogP contribution in [0, 0.1) is 13.8 Å². The molecule has 0 saturated heterocycles. The summed E-state index contributed by atoms with van der Waals surface area (Å²) in [5, 5.41) is 5.38. The first-order chi connectivity index (χ1) is 11.0. The Bertz CT molecular complexity index is 690. The van der Waals surface area contributed by atoms with Gasteiger partial charge in [0.25, 0.3) is 0 Å². The summed E-state index contributed by atoms with van der Waals surface area (Å²) in [6, 6.07) is 11.5. The number of carbonyl (C=O) groups is 1. The molecule has 4 nitrogen and oxygen atoms in total. The second-order valence-electron chi connectivity index (χ2n) is 5.04. The number of hydrogen-bond donors (Lipinski definition) is 2. The van der Waals surface area contributed by atoms with Crippen molar-refractivity contribution >= 4 is 11.7 Å². The number of halogens is 2. The number of urea groups is 1. The summed E-state index contributed by atoms with van der Waals surface area (Å²) in [6.45, 7) is 1.05. The zero-order valence-electron chi connectivity index (χ0n) is 12.9. The van der Waals surface area contributed by atoms with Gasteiger partial charge in [0.05, 0.1) is 0 Å². The highest BCUT2D eigenvalue weighted by Gasteiger charge is 2.10. The Morgan fingerprint density at radius 1 is 1.13 bits per heavy atom. The van der Waals surface area contributed by atoms with Gasteiger partial charge in [-0.05, 0) is 37.1 Å². The number of rotatable bonds is 5. The minimum absolute atomic E-state index is 0.0505. The van der Waals surface area contributed by atoms with Gasteiger partial charge in [0.1, 0.15) is 5.75 Å². The maximum absolute atomic E-state index is 12.3. The van der Waals surface area contributed by atoms with Crippen LogP contribution in [0.1, 0.15) is 16.7 Å². The molecule has 0 bridgehead atoms. The van der Waals surface area contributed by atoms with Crippen molar-refractivity contribution in [3.63, 3.8) is 0 Å². The molecule has 2 amide bonds. The Kier molecular flexibility index (Phi) is 5.51. The van der Waals surface area contributed by atoms with Crippen LogP contribution in [0.5, 0.6) is 5.75 Å². The average Bonchev–Trinajstić information content (AvgIpc) is 2.50. The van der Waals surface area contributed by atoms with E-state index in [4.69, 9.17) is 0 Å². The van der Waals surface area contributed by atoms with Crippen molar-refractivity contribution in [1.82, 2.24) is 5.32 Å². The van der Waals surface area contributed by atoms with Crippen LogP contribution in [0.25, 0.3) is 0 Å². The van der Waals surface area contributed by atoms with Crippen molar-refractivity contribution < 1.29 is 18.3 Å². The number of carbonyl (C=O) groups excluding carboxylic acids is 1. The van der Waals surface area contributed by atoms with Crippen LogP contribution in [-0.4, -0.2) is 12.6 Å². The van der Waals surface area contributed by atoms with Gasteiger partial charge < -0.3 is 15.4 Å². The van der Waals surface area contributed by atoms with Gasteiger partial charge in [-0.3, -0.25) is 0 Å². The number of aryl methyl sites for hydroxylation is 1. The molecule has 2 rings (SSSR count). The molecule has 0 aliphatic heterocycles. The molecule has 2 aromatic rings. The molecule has 0 fully saturated rings. The lowest BCUT2D eigenvalue weighted by Crippen LogP contribution is -2.28. The predicted molar refractivity (Wildman–Crippen MR) is 84.8 cm³/mol. The zero-order chi connectivity index (χ0) is 16.8. The number of hydrogen-bond acceptors (Lipinski definition) is 2. The molecule has 23 heavy (non-hydrogen) atoms. The lowest BCUT2D eigenvalue weighted by Gasteiger charge is -2.13. The van der Waals surface area contributed by atoms with E-state index in [0.29, 0.717) is 11.3 Å². The molecule has 0 radical (unpaired) electrons. The number of nitrogens with one attached hydrogen (secondary N) is 2. The number of benzene rings is 2. The van der Waals surface area contributed by atoms with Crippen LogP contribution < -0.4 is 15.4 Å². The Balaban J connectivity index is 1.98. The minimum atomic E-state index is -2.90. The molecule has 0 unspecified atom stereocenters. The van der Waals surface area contributed by atoms with Gasteiger partial charge in [-0.1, -0.05) is 30.3 Å². The highest BCUT2D eigenvalue weighted by Crippen LogP contribution is 2.20. The highest BCUT2D eigenvalue weighted by molar-refractivity contribution is 5.90. The normalized spacial score (nSPS) is 10.5. The molecule has 0 saturated carbocycles.